The van der Waals surface area contributed by atoms with Crippen molar-refractivity contribution in [2.24, 2.45) is 0 Å². The zero-order valence-electron chi connectivity index (χ0n) is 9.48. The van der Waals surface area contributed by atoms with Crippen molar-refractivity contribution in [3.05, 3.63) is 29.8 Å². The van der Waals surface area contributed by atoms with Crippen LogP contribution in [0.15, 0.2) is 18.3 Å². The molecule has 0 aliphatic rings. The fourth-order valence-corrected chi connectivity index (χ4v) is 1.23. The molecule has 0 atom stereocenters. The topological polar surface area (TPSA) is 92.8 Å². The van der Waals surface area contributed by atoms with Crippen molar-refractivity contribution >= 4 is 11.9 Å². The van der Waals surface area contributed by atoms with E-state index in [0.717, 1.165) is 0 Å². The maximum Gasteiger partial charge on any atom is 0.337 e. The van der Waals surface area contributed by atoms with Crippen molar-refractivity contribution in [2.45, 2.75) is 6.92 Å². The van der Waals surface area contributed by atoms with E-state index >= 15 is 0 Å². The van der Waals surface area contributed by atoms with Gasteiger partial charge in [-0.15, -0.1) is 5.10 Å². The maximum atomic E-state index is 13.2. The molecule has 2 aromatic rings. The number of halogens is 1. The fourth-order valence-electron chi connectivity index (χ4n) is 1.23. The van der Waals surface area contributed by atoms with Gasteiger partial charge in [0.1, 0.15) is 0 Å². The molecule has 2 heterocycles. The number of nitrogens with zero attached hydrogens (tertiary/aromatic N) is 3. The third kappa shape index (κ3) is 2.59. The summed E-state index contributed by atoms with van der Waals surface area (Å²) in [6, 6.07) is 2.89. The number of nitrogens with one attached hydrogen (secondary N) is 2. The number of aromatic nitrogens is 4. The Labute approximate surface area is 101 Å². The highest BCUT2D eigenvalue weighted by Gasteiger charge is 2.14. The van der Waals surface area contributed by atoms with Gasteiger partial charge in [0.2, 0.25) is 11.9 Å². The minimum atomic E-state index is -0.848. The van der Waals surface area contributed by atoms with Crippen LogP contribution in [0.5, 0.6) is 6.01 Å². The molecule has 2 N–H and O–H groups in total. The molecule has 2 rings (SSSR count). The van der Waals surface area contributed by atoms with Crippen LogP contribution in [-0.2, 0) is 0 Å². The molecule has 94 valence electrons. The first kappa shape index (κ1) is 12.0. The second-order valence-corrected chi connectivity index (χ2v) is 3.20. The molecule has 0 aliphatic heterocycles. The van der Waals surface area contributed by atoms with Gasteiger partial charge in [0, 0.05) is 6.20 Å². The van der Waals surface area contributed by atoms with Crippen molar-refractivity contribution in [1.29, 1.82) is 0 Å². The predicted octanol–water partition coefficient (Wildman–Crippen LogP) is 0.990. The van der Waals surface area contributed by atoms with Crippen LogP contribution < -0.4 is 10.1 Å². The highest BCUT2D eigenvalue weighted by molar-refractivity contribution is 6.03. The molecule has 0 unspecified atom stereocenters. The molecule has 2 aromatic heterocycles. The molecule has 0 aliphatic carbocycles. The van der Waals surface area contributed by atoms with Crippen LogP contribution in [0.2, 0.25) is 0 Å². The summed E-state index contributed by atoms with van der Waals surface area (Å²) in [6.45, 7) is 2.18. The molecular weight excluding hydrogens is 241 g/mol. The van der Waals surface area contributed by atoms with E-state index in [1.165, 1.54) is 18.3 Å². The lowest BCUT2D eigenvalue weighted by atomic mass is 10.2. The summed E-state index contributed by atoms with van der Waals surface area (Å²) in [7, 11) is 0. The minimum Gasteiger partial charge on any atom is -0.463 e. The van der Waals surface area contributed by atoms with Gasteiger partial charge >= 0.3 is 6.01 Å². The van der Waals surface area contributed by atoms with Crippen LogP contribution in [0, 0.1) is 5.95 Å². The highest BCUT2D eigenvalue weighted by atomic mass is 19.1. The summed E-state index contributed by atoms with van der Waals surface area (Å²) in [4.78, 5) is 18.9. The Bertz CT molecular complexity index is 557. The van der Waals surface area contributed by atoms with Crippen LogP contribution in [0.25, 0.3) is 0 Å². The lowest BCUT2D eigenvalue weighted by Crippen LogP contribution is -2.15. The first-order chi connectivity index (χ1) is 8.70. The normalized spacial score (nSPS) is 10.1. The molecule has 0 radical (unpaired) electrons. The minimum absolute atomic E-state index is 0.0757. The first-order valence-electron chi connectivity index (χ1n) is 5.17. The van der Waals surface area contributed by atoms with Gasteiger partial charge in [-0.2, -0.15) is 9.37 Å². The van der Waals surface area contributed by atoms with E-state index in [0.29, 0.717) is 6.61 Å². The smallest absolute Gasteiger partial charge is 0.337 e. The number of H-pyrrole nitrogens is 1. The standard InChI is InChI=1S/C10H10FN5O2/c1-2-18-10-14-9(15-16-10)13-8(17)6-4-3-5-12-7(6)11/h3-5H,2H2,1H3,(H2,13,14,15,16,17). The van der Waals surface area contributed by atoms with Crippen molar-refractivity contribution in [1.82, 2.24) is 20.2 Å². The van der Waals surface area contributed by atoms with Crippen molar-refractivity contribution in [3.8, 4) is 6.01 Å². The Hall–Kier alpha value is -2.51. The lowest BCUT2D eigenvalue weighted by Gasteiger charge is -2.01. The van der Waals surface area contributed by atoms with Gasteiger partial charge in [0.05, 0.1) is 12.2 Å². The van der Waals surface area contributed by atoms with E-state index in [1.54, 1.807) is 6.92 Å². The zero-order valence-corrected chi connectivity index (χ0v) is 9.48. The third-order valence-electron chi connectivity index (χ3n) is 1.97. The lowest BCUT2D eigenvalue weighted by molar-refractivity contribution is 0.102. The first-order valence-corrected chi connectivity index (χ1v) is 5.17. The fraction of sp³-hybridized carbons (Fsp3) is 0.200. The van der Waals surface area contributed by atoms with Gasteiger partial charge in [-0.1, -0.05) is 0 Å². The molecule has 0 spiro atoms. The molecular formula is C10H10FN5O2. The molecule has 0 fully saturated rings. The van der Waals surface area contributed by atoms with E-state index in [-0.39, 0.29) is 17.5 Å². The van der Waals surface area contributed by atoms with Crippen LogP contribution in [0.1, 0.15) is 17.3 Å². The van der Waals surface area contributed by atoms with Gasteiger partial charge in [-0.3, -0.25) is 10.1 Å². The van der Waals surface area contributed by atoms with Crippen LogP contribution in [-0.4, -0.2) is 32.7 Å². The number of amides is 1. The van der Waals surface area contributed by atoms with E-state index in [4.69, 9.17) is 4.74 Å². The van der Waals surface area contributed by atoms with Gasteiger partial charge in [0.15, 0.2) is 0 Å². The molecule has 0 saturated carbocycles. The number of rotatable bonds is 4. The summed E-state index contributed by atoms with van der Waals surface area (Å²) in [5.74, 6) is -1.44. The molecule has 0 saturated heterocycles. The number of carbonyl (C=O) groups is 1. The van der Waals surface area contributed by atoms with E-state index in [9.17, 15) is 9.18 Å². The van der Waals surface area contributed by atoms with Crippen LogP contribution >= 0.6 is 0 Å². The number of hydrogen-bond donors (Lipinski definition) is 2. The van der Waals surface area contributed by atoms with Gasteiger partial charge in [-0.25, -0.2) is 10.1 Å². The van der Waals surface area contributed by atoms with E-state index in [2.05, 4.69) is 25.5 Å². The molecule has 0 aromatic carbocycles. The number of hydrogen-bond acceptors (Lipinski definition) is 5. The van der Waals surface area contributed by atoms with Gasteiger partial charge in [0.25, 0.3) is 5.91 Å². The Morgan fingerprint density at radius 3 is 3.17 bits per heavy atom. The Morgan fingerprint density at radius 1 is 1.61 bits per heavy atom. The number of carbonyl (C=O) groups excluding carboxylic acids is 1. The number of aromatic amines is 1. The predicted molar refractivity (Wildman–Crippen MR) is 59.7 cm³/mol. The molecule has 7 nitrogen and oxygen atoms in total. The Morgan fingerprint density at radius 2 is 2.44 bits per heavy atom. The van der Waals surface area contributed by atoms with Crippen molar-refractivity contribution in [2.75, 3.05) is 11.9 Å². The SMILES string of the molecule is CCOc1n[nH]c(NC(=O)c2cccnc2F)n1. The van der Waals surface area contributed by atoms with Gasteiger partial charge in [-0.05, 0) is 19.1 Å². The quantitative estimate of drug-likeness (QED) is 0.790. The summed E-state index contributed by atoms with van der Waals surface area (Å²) >= 11 is 0. The van der Waals surface area contributed by atoms with Crippen LogP contribution in [0.3, 0.4) is 0 Å². The Kier molecular flexibility index (Phi) is 3.46. The average Bonchev–Trinajstić information content (AvgIpc) is 2.77. The number of pyridine rings is 1. The zero-order chi connectivity index (χ0) is 13.0. The summed E-state index contributed by atoms with van der Waals surface area (Å²) < 4.78 is 18.2. The maximum absolute atomic E-state index is 13.2. The van der Waals surface area contributed by atoms with Crippen LogP contribution in [0.4, 0.5) is 10.3 Å². The second-order valence-electron chi connectivity index (χ2n) is 3.20. The van der Waals surface area contributed by atoms with Crippen molar-refractivity contribution < 1.29 is 13.9 Å². The Balaban J connectivity index is 2.09. The molecule has 8 heteroatoms. The third-order valence-corrected chi connectivity index (χ3v) is 1.97. The summed E-state index contributed by atoms with van der Waals surface area (Å²) in [5.41, 5.74) is -0.174. The van der Waals surface area contributed by atoms with E-state index in [1.807, 2.05) is 0 Å². The monoisotopic (exact) mass is 251 g/mol. The summed E-state index contributed by atoms with van der Waals surface area (Å²) in [5, 5.41) is 8.49. The number of ether oxygens (including phenoxy) is 1. The summed E-state index contributed by atoms with van der Waals surface area (Å²) in [6.07, 6.45) is 1.26. The average molecular weight is 251 g/mol. The molecule has 0 bridgehead atoms. The largest absolute Gasteiger partial charge is 0.463 e. The molecule has 18 heavy (non-hydrogen) atoms. The second kappa shape index (κ2) is 5.21. The highest BCUT2D eigenvalue weighted by Crippen LogP contribution is 2.09. The van der Waals surface area contributed by atoms with E-state index < -0.39 is 11.9 Å². The van der Waals surface area contributed by atoms with Gasteiger partial charge < -0.3 is 4.74 Å². The number of anilines is 1. The van der Waals surface area contributed by atoms with Crippen molar-refractivity contribution in [3.63, 3.8) is 0 Å². The molecule has 1 amide bonds.